The molecule has 1 N–H and O–H groups in total. The molecule has 0 radical (unpaired) electrons. The first-order valence-corrected chi connectivity index (χ1v) is 4.96. The van der Waals surface area contributed by atoms with E-state index >= 15 is 0 Å². The van der Waals surface area contributed by atoms with Crippen molar-refractivity contribution in [1.82, 2.24) is 9.88 Å². The monoisotopic (exact) mass is 193 g/mol. The zero-order valence-corrected chi connectivity index (χ0v) is 9.41. The van der Waals surface area contributed by atoms with Crippen LogP contribution >= 0.6 is 0 Å². The van der Waals surface area contributed by atoms with Crippen molar-refractivity contribution < 1.29 is 0 Å². The molecule has 3 heteroatoms. The summed E-state index contributed by atoms with van der Waals surface area (Å²) in [5.41, 5.74) is 1.25. The Morgan fingerprint density at radius 1 is 1.43 bits per heavy atom. The SMILES string of the molecule is CNc1ccc(CN(C)C(C)C)cn1. The third-order valence-corrected chi connectivity index (χ3v) is 2.39. The predicted molar refractivity (Wildman–Crippen MR) is 60.4 cm³/mol. The lowest BCUT2D eigenvalue weighted by atomic mass is 10.2. The molecular formula is C11H19N3. The Balaban J connectivity index is 2.59. The number of hydrogen-bond donors (Lipinski definition) is 1. The minimum absolute atomic E-state index is 0.568. The van der Waals surface area contributed by atoms with Crippen molar-refractivity contribution in [3.63, 3.8) is 0 Å². The summed E-state index contributed by atoms with van der Waals surface area (Å²) in [6.45, 7) is 5.33. The van der Waals surface area contributed by atoms with Crippen molar-refractivity contribution in [1.29, 1.82) is 0 Å². The topological polar surface area (TPSA) is 28.2 Å². The van der Waals surface area contributed by atoms with Crippen molar-refractivity contribution in [3.8, 4) is 0 Å². The molecule has 1 heterocycles. The van der Waals surface area contributed by atoms with Crippen molar-refractivity contribution in [2.75, 3.05) is 19.4 Å². The van der Waals surface area contributed by atoms with E-state index in [1.54, 1.807) is 0 Å². The molecule has 14 heavy (non-hydrogen) atoms. The van der Waals surface area contributed by atoms with Crippen LogP contribution in [0.25, 0.3) is 0 Å². The van der Waals surface area contributed by atoms with E-state index in [4.69, 9.17) is 0 Å². The van der Waals surface area contributed by atoms with E-state index in [0.717, 1.165) is 12.4 Å². The number of rotatable bonds is 4. The largest absolute Gasteiger partial charge is 0.373 e. The second-order valence-corrected chi connectivity index (χ2v) is 3.81. The van der Waals surface area contributed by atoms with E-state index in [9.17, 15) is 0 Å². The van der Waals surface area contributed by atoms with Crippen LogP contribution in [-0.2, 0) is 6.54 Å². The molecule has 1 aromatic rings. The highest BCUT2D eigenvalue weighted by Crippen LogP contribution is 2.07. The molecule has 78 valence electrons. The standard InChI is InChI=1S/C11H19N3/c1-9(2)14(4)8-10-5-6-11(12-3)13-7-10/h5-7,9H,8H2,1-4H3,(H,12,13). The number of pyridine rings is 1. The van der Waals surface area contributed by atoms with Gasteiger partial charge in [-0.25, -0.2) is 4.98 Å². The average molecular weight is 193 g/mol. The second kappa shape index (κ2) is 4.96. The van der Waals surface area contributed by atoms with Gasteiger partial charge in [0.1, 0.15) is 5.82 Å². The van der Waals surface area contributed by atoms with Crippen LogP contribution in [0.15, 0.2) is 18.3 Å². The number of anilines is 1. The molecule has 1 rings (SSSR count). The molecular weight excluding hydrogens is 174 g/mol. The minimum Gasteiger partial charge on any atom is -0.373 e. The number of aromatic nitrogens is 1. The van der Waals surface area contributed by atoms with E-state index in [-0.39, 0.29) is 0 Å². The first kappa shape index (κ1) is 11.0. The highest BCUT2D eigenvalue weighted by molar-refractivity contribution is 5.34. The molecule has 0 saturated heterocycles. The van der Waals surface area contributed by atoms with Gasteiger partial charge >= 0.3 is 0 Å². The number of nitrogens with zero attached hydrogens (tertiary/aromatic N) is 2. The molecule has 0 aliphatic heterocycles. The van der Waals surface area contributed by atoms with Crippen molar-refractivity contribution in [2.45, 2.75) is 26.4 Å². The van der Waals surface area contributed by atoms with E-state index in [1.807, 2.05) is 19.3 Å². The van der Waals surface area contributed by atoms with E-state index in [2.05, 4.69) is 42.2 Å². The van der Waals surface area contributed by atoms with Gasteiger partial charge in [-0.1, -0.05) is 6.07 Å². The van der Waals surface area contributed by atoms with E-state index < -0.39 is 0 Å². The smallest absolute Gasteiger partial charge is 0.125 e. The summed E-state index contributed by atoms with van der Waals surface area (Å²) in [6.07, 6.45) is 1.92. The zero-order chi connectivity index (χ0) is 10.6. The first-order valence-electron chi connectivity index (χ1n) is 4.96. The predicted octanol–water partition coefficient (Wildman–Crippen LogP) is 1.96. The lowest BCUT2D eigenvalue weighted by Gasteiger charge is -2.20. The summed E-state index contributed by atoms with van der Waals surface area (Å²) in [5.74, 6) is 0.918. The highest BCUT2D eigenvalue weighted by atomic mass is 15.1. The molecule has 0 aliphatic rings. The Morgan fingerprint density at radius 3 is 2.57 bits per heavy atom. The Hall–Kier alpha value is -1.09. The van der Waals surface area contributed by atoms with Gasteiger partial charge in [0.2, 0.25) is 0 Å². The molecule has 0 atom stereocenters. The van der Waals surface area contributed by atoms with Gasteiger partial charge < -0.3 is 5.32 Å². The fourth-order valence-electron chi connectivity index (χ4n) is 1.14. The second-order valence-electron chi connectivity index (χ2n) is 3.81. The van der Waals surface area contributed by atoms with Gasteiger partial charge in [-0.3, -0.25) is 4.90 Å². The highest BCUT2D eigenvalue weighted by Gasteiger charge is 2.03. The van der Waals surface area contributed by atoms with Crippen LogP contribution < -0.4 is 5.32 Å². The van der Waals surface area contributed by atoms with Crippen LogP contribution in [0.5, 0.6) is 0 Å². The molecule has 0 unspecified atom stereocenters. The average Bonchev–Trinajstić information content (AvgIpc) is 2.19. The quantitative estimate of drug-likeness (QED) is 0.792. The summed E-state index contributed by atoms with van der Waals surface area (Å²) in [7, 11) is 4.00. The fourth-order valence-corrected chi connectivity index (χ4v) is 1.14. The molecule has 0 aromatic carbocycles. The van der Waals surface area contributed by atoms with Crippen molar-refractivity contribution >= 4 is 5.82 Å². The normalized spacial score (nSPS) is 11.0. The van der Waals surface area contributed by atoms with Gasteiger partial charge in [-0.2, -0.15) is 0 Å². The molecule has 0 fully saturated rings. The molecule has 0 saturated carbocycles. The zero-order valence-electron chi connectivity index (χ0n) is 9.41. The maximum Gasteiger partial charge on any atom is 0.125 e. The Morgan fingerprint density at radius 2 is 2.14 bits per heavy atom. The van der Waals surface area contributed by atoms with Gasteiger partial charge in [0.05, 0.1) is 0 Å². The summed E-state index contributed by atoms with van der Waals surface area (Å²) in [5, 5.41) is 3.01. The van der Waals surface area contributed by atoms with Gasteiger partial charge in [0.25, 0.3) is 0 Å². The maximum absolute atomic E-state index is 4.27. The van der Waals surface area contributed by atoms with Crippen LogP contribution in [0, 0.1) is 0 Å². The molecule has 0 aliphatic carbocycles. The summed E-state index contributed by atoms with van der Waals surface area (Å²) in [4.78, 5) is 6.56. The van der Waals surface area contributed by atoms with Crippen LogP contribution in [0.3, 0.4) is 0 Å². The van der Waals surface area contributed by atoms with E-state index in [1.165, 1.54) is 5.56 Å². The number of nitrogens with one attached hydrogen (secondary N) is 1. The van der Waals surface area contributed by atoms with Gasteiger partial charge in [0.15, 0.2) is 0 Å². The summed E-state index contributed by atoms with van der Waals surface area (Å²) in [6, 6.07) is 4.68. The van der Waals surface area contributed by atoms with Gasteiger partial charge in [-0.15, -0.1) is 0 Å². The maximum atomic E-state index is 4.27. The van der Waals surface area contributed by atoms with Crippen molar-refractivity contribution in [2.24, 2.45) is 0 Å². The Kier molecular flexibility index (Phi) is 3.89. The van der Waals surface area contributed by atoms with E-state index in [0.29, 0.717) is 6.04 Å². The molecule has 1 aromatic heterocycles. The summed E-state index contributed by atoms with van der Waals surface area (Å²) < 4.78 is 0. The van der Waals surface area contributed by atoms with Crippen LogP contribution in [0.2, 0.25) is 0 Å². The third kappa shape index (κ3) is 3.00. The fraction of sp³-hybridized carbons (Fsp3) is 0.545. The minimum atomic E-state index is 0.568. The molecule has 0 spiro atoms. The van der Waals surface area contributed by atoms with Crippen LogP contribution in [-0.4, -0.2) is 30.0 Å². The Labute approximate surface area is 86.2 Å². The molecule has 0 amide bonds. The van der Waals surface area contributed by atoms with Gasteiger partial charge in [0, 0.05) is 25.8 Å². The Bertz CT molecular complexity index is 266. The lowest BCUT2D eigenvalue weighted by molar-refractivity contribution is 0.265. The summed E-state index contributed by atoms with van der Waals surface area (Å²) >= 11 is 0. The number of hydrogen-bond acceptors (Lipinski definition) is 3. The molecule has 0 bridgehead atoms. The first-order chi connectivity index (χ1) is 6.63. The van der Waals surface area contributed by atoms with Crippen LogP contribution in [0.4, 0.5) is 5.82 Å². The lowest BCUT2D eigenvalue weighted by Crippen LogP contribution is -2.25. The van der Waals surface area contributed by atoms with Crippen molar-refractivity contribution in [3.05, 3.63) is 23.9 Å². The molecule has 3 nitrogen and oxygen atoms in total. The van der Waals surface area contributed by atoms with Gasteiger partial charge in [-0.05, 0) is 32.5 Å². The third-order valence-electron chi connectivity index (χ3n) is 2.39. The van der Waals surface area contributed by atoms with Crippen LogP contribution in [0.1, 0.15) is 19.4 Å².